The Kier molecular flexibility index (Phi) is 39.3. The topological polar surface area (TPSA) is 587 Å². The number of hydrogen-bond donors (Lipinski definition) is 17. The highest BCUT2D eigenvalue weighted by Gasteiger charge is 2.48. The maximum absolute atomic E-state index is 15.7. The molecule has 3 saturated heterocycles. The van der Waals surface area contributed by atoms with Gasteiger partial charge in [0, 0.05) is 95.6 Å². The predicted octanol–water partition coefficient (Wildman–Crippen LogP) is -1.78. The Hall–Kier alpha value is -13.1. The number of aromatic hydroxyl groups is 1. The molecule has 0 aliphatic carbocycles. The molecule has 4 heterocycles. The van der Waals surface area contributed by atoms with E-state index in [1.165, 1.54) is 45.4 Å². The van der Waals surface area contributed by atoms with E-state index in [9.17, 15) is 53.3 Å². The number of amides is 16. The normalized spacial score (nSPS) is 24.6. The van der Waals surface area contributed by atoms with Crippen molar-refractivity contribution in [3.63, 3.8) is 0 Å². The van der Waals surface area contributed by atoms with Crippen molar-refractivity contribution in [2.45, 2.75) is 202 Å². The molecule has 730 valence electrons. The number of benzene rings is 5. The van der Waals surface area contributed by atoms with Gasteiger partial charge in [0.05, 0.1) is 50.1 Å². The summed E-state index contributed by atoms with van der Waals surface area (Å²) in [6, 6.07) is 8.28. The van der Waals surface area contributed by atoms with Crippen molar-refractivity contribution in [2.24, 2.45) is 28.9 Å². The average Bonchev–Trinajstić information content (AvgIpc) is 1.62. The Labute approximate surface area is 781 Å². The number of unbranched alkanes of at least 4 members (excludes halogenated alkanes) is 1. The zero-order valence-electron chi connectivity index (χ0n) is 75.8. The van der Waals surface area contributed by atoms with Crippen LogP contribution >= 0.6 is 11.8 Å². The second-order valence-electron chi connectivity index (χ2n) is 34.1. The number of nitrogens with one attached hydrogen (secondary N) is 10. The molecule has 0 saturated carbocycles. The van der Waals surface area contributed by atoms with E-state index >= 15 is 51.9 Å². The molecule has 43 heteroatoms. The van der Waals surface area contributed by atoms with Gasteiger partial charge in [-0.3, -0.25) is 82.0 Å². The average molecular weight is 1900 g/mol. The van der Waals surface area contributed by atoms with Gasteiger partial charge in [0.25, 0.3) is 0 Å². The number of ether oxygens (including phenoxy) is 1. The first kappa shape index (κ1) is 106. The summed E-state index contributed by atoms with van der Waals surface area (Å²) in [5.41, 5.74) is 24.8. The fourth-order valence-electron chi connectivity index (χ4n) is 16.3. The minimum absolute atomic E-state index is 0.0111. The Morgan fingerprint density at radius 1 is 0.556 bits per heavy atom. The van der Waals surface area contributed by atoms with E-state index in [4.69, 9.17) is 27.7 Å². The van der Waals surface area contributed by atoms with Crippen molar-refractivity contribution in [1.29, 1.82) is 0 Å². The molecule has 16 amide bonds. The molecular weight excluding hydrogens is 1780 g/mol. The van der Waals surface area contributed by atoms with Crippen molar-refractivity contribution in [2.75, 3.05) is 72.0 Å². The van der Waals surface area contributed by atoms with Crippen LogP contribution in [-0.4, -0.2) is 302 Å². The number of H-pyrrole nitrogens is 1. The number of nitrogens with zero attached hydrogens (tertiary/aromatic N) is 5. The number of aromatic nitrogens is 1. The molecule has 0 bridgehead atoms. The summed E-state index contributed by atoms with van der Waals surface area (Å²) in [5, 5.41) is 58.3. The van der Waals surface area contributed by atoms with Crippen molar-refractivity contribution < 1.29 is 110 Å². The number of hydrogen-bond acceptors (Lipinski definition) is 23. The molecule has 6 aromatic rings. The molecule has 9 rings (SSSR count). The fourth-order valence-corrected chi connectivity index (χ4v) is 17.2. The molecule has 3 aliphatic rings. The van der Waals surface area contributed by atoms with Gasteiger partial charge in [-0.1, -0.05) is 125 Å². The van der Waals surface area contributed by atoms with Crippen LogP contribution in [0.4, 0.5) is 13.2 Å². The number of aromatic amines is 1. The number of aliphatic hydroxyl groups is 2. The second kappa shape index (κ2) is 50.3. The number of phenols is 1. The Balaban J connectivity index is 1.14. The van der Waals surface area contributed by atoms with Gasteiger partial charge in [-0.05, 0) is 103 Å². The van der Waals surface area contributed by atoms with Crippen LogP contribution in [0.3, 0.4) is 0 Å². The third-order valence-electron chi connectivity index (χ3n) is 23.8. The van der Waals surface area contributed by atoms with Crippen molar-refractivity contribution in [3.05, 3.63) is 173 Å². The van der Waals surface area contributed by atoms with Gasteiger partial charge in [-0.2, -0.15) is 0 Å². The van der Waals surface area contributed by atoms with Gasteiger partial charge < -0.3 is 115 Å². The molecule has 0 radical (unpaired) electrons. The number of thioether (sulfide) groups is 1. The van der Waals surface area contributed by atoms with E-state index in [-0.39, 0.29) is 82.4 Å². The zero-order valence-corrected chi connectivity index (χ0v) is 76.6. The van der Waals surface area contributed by atoms with Gasteiger partial charge in [-0.25, -0.2) is 13.2 Å². The third-order valence-corrected chi connectivity index (χ3v) is 24.8. The zero-order chi connectivity index (χ0) is 98.6. The van der Waals surface area contributed by atoms with E-state index < -0.39 is 272 Å². The number of halogens is 3. The quantitative estimate of drug-likeness (QED) is 0.0282. The summed E-state index contributed by atoms with van der Waals surface area (Å²) in [4.78, 5) is 244. The highest BCUT2D eigenvalue weighted by Crippen LogP contribution is 2.29. The van der Waals surface area contributed by atoms with Crippen molar-refractivity contribution in [3.8, 4) is 5.75 Å². The van der Waals surface area contributed by atoms with Gasteiger partial charge in [0.1, 0.15) is 78.4 Å². The van der Waals surface area contributed by atoms with Crippen LogP contribution in [0.25, 0.3) is 10.9 Å². The SMILES string of the molecule is CCCC[C@H]1C(=O)N2C[C@@H](O)C[C@@H]2C(O)N[C@@H](CC(N)=O)C(=O)N[C@@H](C(C)C)C(=O)N(C)[C@@H](Cc2ccccc2)C(=O)N[C@@H](CCC(N)=O)C(=O)N2CCOC[C@@H]2C(=O)N[C@@H](Cc2c[nH]c3ccccc23)C(=O)N[C@@H](Cc2ccc(O)cc2)C(=O)N[C@@H](CCCN)C(=O)N[C@H](C(=O)NCC(N)=O)CSCC(=O)N[C@@H](Cc2cc(F)c(F)c(F)c2)C(=O)N(C)[C@@H](Cc2ccccc2)C(=O)N1C. The van der Waals surface area contributed by atoms with Gasteiger partial charge in [-0.15, -0.1) is 11.8 Å². The number of rotatable bonds is 25. The molecule has 1 unspecified atom stereocenters. The summed E-state index contributed by atoms with van der Waals surface area (Å²) < 4.78 is 51.0. The van der Waals surface area contributed by atoms with Crippen LogP contribution in [0, 0.1) is 23.4 Å². The number of morpholine rings is 1. The van der Waals surface area contributed by atoms with Gasteiger partial charge >= 0.3 is 0 Å². The standard InChI is InChI=1S/C92H120F3N19O20S/c1-7-8-25-69-91(132)114-46-57(116)42-71(114)86(127)107-66(43-75(98)118)84(125)109-79(50(2)3)92(133)111(5)70(39-51-18-11-9-12-19-51)85(126)104-63(30-31-74(97)117)89(130)113-33-34-134-47-73(113)87(128)106-65(41-55-44-100-61-23-16-15-22-58(55)61)83(124)105-64(37-53-26-28-56(115)29-27-53)82(123)103-62(24-17-32-96)81(122)108-68(80(121)101-45-76(99)119)48-135-49-77(120)102-67(38-54-35-59(93)78(95)60(94)36-54)88(129)112(6)72(90(131)110(69)4)40-52-20-13-10-14-21-52/h9-16,18-23,26-29,35-36,44,50,57,62-73,79,86,100,107,115-116,127H,7-8,17,24-25,30-34,37-43,45-49,96H2,1-6H3,(H2,97,117)(H2,98,118)(H2,99,119)(H,101,121)(H,102,120)(H,103,123)(H,104,126)(H,105,124)(H,106,128)(H,108,122)(H,109,125)/t57-,62-,63-,64-,65-,66-,67-,68-,69-,70-,71+,72-,73+,79-,86?/m0/s1. The lowest BCUT2D eigenvalue weighted by Crippen LogP contribution is -2.64. The number of carbonyl (C=O) groups is 16. The summed E-state index contributed by atoms with van der Waals surface area (Å²) in [7, 11) is 3.67. The first-order valence-corrected chi connectivity index (χ1v) is 45.6. The molecule has 3 aliphatic heterocycles. The van der Waals surface area contributed by atoms with Gasteiger partial charge in [0.15, 0.2) is 17.5 Å². The minimum atomic E-state index is -2.03. The van der Waals surface area contributed by atoms with Crippen molar-refractivity contribution in [1.82, 2.24) is 77.3 Å². The molecule has 39 nitrogen and oxygen atoms in total. The summed E-state index contributed by atoms with van der Waals surface area (Å²) in [5.74, 6) is -23.9. The first-order valence-electron chi connectivity index (χ1n) is 44.4. The van der Waals surface area contributed by atoms with Crippen LogP contribution in [0.5, 0.6) is 5.75 Å². The summed E-state index contributed by atoms with van der Waals surface area (Å²) >= 11 is 0.644. The highest BCUT2D eigenvalue weighted by atomic mass is 32.2. The smallest absolute Gasteiger partial charge is 0.246 e. The second-order valence-corrected chi connectivity index (χ2v) is 35.2. The van der Waals surface area contributed by atoms with Crippen LogP contribution in [-0.2, 0) is 114 Å². The maximum atomic E-state index is 15.7. The Bertz CT molecular complexity index is 5180. The van der Waals surface area contributed by atoms with E-state index in [0.717, 1.165) is 24.5 Å². The lowest BCUT2D eigenvalue weighted by molar-refractivity contribution is -0.152. The Morgan fingerprint density at radius 3 is 1.75 bits per heavy atom. The molecule has 0 spiro atoms. The van der Waals surface area contributed by atoms with E-state index in [1.54, 1.807) is 112 Å². The third kappa shape index (κ3) is 29.7. The lowest BCUT2D eigenvalue weighted by atomic mass is 9.98. The van der Waals surface area contributed by atoms with E-state index in [2.05, 4.69) is 52.8 Å². The van der Waals surface area contributed by atoms with E-state index in [1.807, 2.05) is 0 Å². The maximum Gasteiger partial charge on any atom is 0.246 e. The number of carbonyl (C=O) groups excluding carboxylic acids is 16. The predicted molar refractivity (Wildman–Crippen MR) is 487 cm³/mol. The number of nitrogens with two attached hydrogens (primary N) is 4. The molecular formula is C92H120F3N19O20S. The molecule has 5 aromatic carbocycles. The molecule has 1 aromatic heterocycles. The van der Waals surface area contributed by atoms with E-state index in [0.29, 0.717) is 63.5 Å². The largest absolute Gasteiger partial charge is 0.508 e. The van der Waals surface area contributed by atoms with Crippen LogP contribution in [0.15, 0.2) is 128 Å². The molecule has 15 atom stereocenters. The number of fused-ring (bicyclic) bond motifs is 3. The number of likely N-dealkylation sites (N-methyl/N-ethyl adjacent to an activating group) is 3. The number of para-hydroxylation sites is 1. The van der Waals surface area contributed by atoms with Crippen LogP contribution in [0.1, 0.15) is 106 Å². The number of aliphatic hydroxyl groups excluding tert-OH is 2. The van der Waals surface area contributed by atoms with Crippen LogP contribution in [0.2, 0.25) is 0 Å². The summed E-state index contributed by atoms with van der Waals surface area (Å²) in [6.07, 6.45) is -5.91. The Morgan fingerprint density at radius 2 is 1.13 bits per heavy atom. The minimum Gasteiger partial charge on any atom is -0.508 e. The molecule has 3 fully saturated rings. The molecule has 21 N–H and O–H groups in total. The summed E-state index contributed by atoms with van der Waals surface area (Å²) in [6.45, 7) is 2.42. The van der Waals surface area contributed by atoms with Crippen LogP contribution < -0.4 is 70.8 Å². The fraction of sp³-hybridized carbons (Fsp3) is 0.478. The lowest BCUT2D eigenvalue weighted by Gasteiger charge is -2.39. The first-order chi connectivity index (χ1) is 64.2. The number of phenolic OH excluding ortho intramolecular Hbond substituents is 1. The van der Waals surface area contributed by atoms with Gasteiger partial charge in [0.2, 0.25) is 94.5 Å². The van der Waals surface area contributed by atoms with Crippen molar-refractivity contribution >= 4 is 117 Å². The highest BCUT2D eigenvalue weighted by molar-refractivity contribution is 8.00. The molecule has 135 heavy (non-hydrogen) atoms. The monoisotopic (exact) mass is 1900 g/mol. The number of primary amides is 3.